The van der Waals surface area contributed by atoms with Gasteiger partial charge in [-0.3, -0.25) is 4.79 Å². The van der Waals surface area contributed by atoms with E-state index in [1.54, 1.807) is 0 Å². The van der Waals surface area contributed by atoms with Gasteiger partial charge in [0.05, 0.1) is 7.11 Å². The monoisotopic (exact) mass is 222 g/mol. The van der Waals surface area contributed by atoms with Crippen molar-refractivity contribution in [3.05, 3.63) is 0 Å². The molecule has 0 aliphatic carbocycles. The predicted molar refractivity (Wildman–Crippen MR) is 61.7 cm³/mol. The molecule has 0 aliphatic rings. The van der Waals surface area contributed by atoms with Gasteiger partial charge in [-0.05, 0) is 25.0 Å². The third kappa shape index (κ3) is 8.50. The van der Waals surface area contributed by atoms with Gasteiger partial charge < -0.3 is 4.74 Å². The molecule has 13 heavy (non-hydrogen) atoms. The summed E-state index contributed by atoms with van der Waals surface area (Å²) < 4.78 is 4.53. The third-order valence-electron chi connectivity index (χ3n) is 1.86. The van der Waals surface area contributed by atoms with Crippen molar-refractivity contribution in [3.8, 4) is 0 Å². The number of rotatable bonds is 7. The molecule has 0 aliphatic heterocycles. The third-order valence-corrected chi connectivity index (χ3v) is 2.63. The van der Waals surface area contributed by atoms with Crippen LogP contribution >= 0.6 is 25.3 Å². The quantitative estimate of drug-likeness (QED) is 0.393. The van der Waals surface area contributed by atoms with Gasteiger partial charge in [0, 0.05) is 11.7 Å². The topological polar surface area (TPSA) is 26.3 Å². The molecule has 0 unspecified atom stereocenters. The molecule has 4 heteroatoms. The van der Waals surface area contributed by atoms with Crippen LogP contribution in [0, 0.1) is 0 Å². The number of hydrogen-bond donors (Lipinski definition) is 2. The van der Waals surface area contributed by atoms with Crippen LogP contribution in [0.3, 0.4) is 0 Å². The first-order chi connectivity index (χ1) is 6.20. The van der Waals surface area contributed by atoms with E-state index in [9.17, 15) is 4.79 Å². The maximum absolute atomic E-state index is 10.7. The molecule has 0 saturated carbocycles. The summed E-state index contributed by atoms with van der Waals surface area (Å²) in [6.45, 7) is 0. The van der Waals surface area contributed by atoms with Crippen LogP contribution in [0.2, 0.25) is 0 Å². The number of unbranched alkanes of at least 4 members (excludes halogenated alkanes) is 1. The van der Waals surface area contributed by atoms with E-state index in [1.807, 2.05) is 0 Å². The minimum Gasteiger partial charge on any atom is -0.469 e. The summed E-state index contributed by atoms with van der Waals surface area (Å²) in [4.78, 5) is 10.7. The van der Waals surface area contributed by atoms with Gasteiger partial charge in [-0.2, -0.15) is 25.3 Å². The van der Waals surface area contributed by atoms with Crippen LogP contribution in [-0.2, 0) is 9.53 Å². The number of thiol groups is 2. The standard InChI is InChI=1S/C9H18O2S2/c1-11-9(10)5-3-2-4-8(13)6-7-12/h8,12-13H,2-7H2,1H3/t8-/m1/s1. The van der Waals surface area contributed by atoms with Crippen molar-refractivity contribution < 1.29 is 9.53 Å². The lowest BCUT2D eigenvalue weighted by molar-refractivity contribution is -0.140. The van der Waals surface area contributed by atoms with Crippen molar-refractivity contribution in [1.82, 2.24) is 0 Å². The van der Waals surface area contributed by atoms with Gasteiger partial charge in [0.1, 0.15) is 0 Å². The zero-order chi connectivity index (χ0) is 10.1. The Morgan fingerprint density at radius 2 is 2.08 bits per heavy atom. The Labute approximate surface area is 91.2 Å². The highest BCUT2D eigenvalue weighted by Gasteiger charge is 2.03. The maximum atomic E-state index is 10.7. The van der Waals surface area contributed by atoms with Gasteiger partial charge in [-0.1, -0.05) is 6.42 Å². The Morgan fingerprint density at radius 3 is 2.62 bits per heavy atom. The van der Waals surface area contributed by atoms with Gasteiger partial charge >= 0.3 is 5.97 Å². The van der Waals surface area contributed by atoms with Crippen LogP contribution in [0.25, 0.3) is 0 Å². The highest BCUT2D eigenvalue weighted by molar-refractivity contribution is 7.81. The lowest BCUT2D eigenvalue weighted by Gasteiger charge is -2.07. The molecule has 0 fully saturated rings. The second-order valence-electron chi connectivity index (χ2n) is 2.99. The molecule has 1 atom stereocenters. The SMILES string of the molecule is COC(=O)CCCC[C@@H](S)CCS. The predicted octanol–water partition coefficient (Wildman–Crippen LogP) is 2.34. The Hall–Kier alpha value is 0.170. The minimum absolute atomic E-state index is 0.120. The number of methoxy groups -OCH3 is 1. The highest BCUT2D eigenvalue weighted by atomic mass is 32.1. The van der Waals surface area contributed by atoms with Crippen molar-refractivity contribution in [2.75, 3.05) is 12.9 Å². The molecule has 0 heterocycles. The van der Waals surface area contributed by atoms with E-state index < -0.39 is 0 Å². The fraction of sp³-hybridized carbons (Fsp3) is 0.889. The van der Waals surface area contributed by atoms with Crippen LogP contribution < -0.4 is 0 Å². The fourth-order valence-electron chi connectivity index (χ4n) is 1.04. The van der Waals surface area contributed by atoms with E-state index in [2.05, 4.69) is 30.0 Å². The summed E-state index contributed by atoms with van der Waals surface area (Å²) in [7, 11) is 1.42. The van der Waals surface area contributed by atoms with Crippen LogP contribution in [0.15, 0.2) is 0 Å². The second kappa shape index (κ2) is 8.75. The molecule has 0 N–H and O–H groups in total. The number of esters is 1. The first-order valence-electron chi connectivity index (χ1n) is 4.56. The minimum atomic E-state index is -0.120. The van der Waals surface area contributed by atoms with Crippen molar-refractivity contribution in [2.24, 2.45) is 0 Å². The largest absolute Gasteiger partial charge is 0.469 e. The molecular weight excluding hydrogens is 204 g/mol. The average Bonchev–Trinajstić information content (AvgIpc) is 2.12. The molecule has 0 amide bonds. The van der Waals surface area contributed by atoms with Crippen molar-refractivity contribution in [2.45, 2.75) is 37.4 Å². The summed E-state index contributed by atoms with van der Waals surface area (Å²) in [5.74, 6) is 0.760. The van der Waals surface area contributed by atoms with Crippen LogP contribution in [-0.4, -0.2) is 24.1 Å². The van der Waals surface area contributed by atoms with Gasteiger partial charge in [-0.15, -0.1) is 0 Å². The number of carbonyl (C=O) groups is 1. The van der Waals surface area contributed by atoms with Gasteiger partial charge in [0.2, 0.25) is 0 Å². The second-order valence-corrected chi connectivity index (χ2v) is 4.17. The molecule has 2 nitrogen and oxygen atoms in total. The fourth-order valence-corrected chi connectivity index (χ4v) is 1.87. The molecular formula is C9H18O2S2. The molecule has 78 valence electrons. The zero-order valence-electron chi connectivity index (χ0n) is 8.03. The maximum Gasteiger partial charge on any atom is 0.305 e. The van der Waals surface area contributed by atoms with Crippen LogP contribution in [0.5, 0.6) is 0 Å². The summed E-state index contributed by atoms with van der Waals surface area (Å²) in [6, 6.07) is 0. The lowest BCUT2D eigenvalue weighted by Crippen LogP contribution is -2.02. The van der Waals surface area contributed by atoms with Gasteiger partial charge in [0.15, 0.2) is 0 Å². The van der Waals surface area contributed by atoms with E-state index in [0.29, 0.717) is 11.7 Å². The highest BCUT2D eigenvalue weighted by Crippen LogP contribution is 2.12. The average molecular weight is 222 g/mol. The summed E-state index contributed by atoms with van der Waals surface area (Å²) in [5, 5.41) is 0.426. The molecule has 0 spiro atoms. The molecule has 0 radical (unpaired) electrons. The Kier molecular flexibility index (Phi) is 8.87. The Balaban J connectivity index is 3.20. The van der Waals surface area contributed by atoms with E-state index in [4.69, 9.17) is 0 Å². The van der Waals surface area contributed by atoms with E-state index >= 15 is 0 Å². The summed E-state index contributed by atoms with van der Waals surface area (Å²) >= 11 is 8.52. The zero-order valence-corrected chi connectivity index (χ0v) is 9.82. The molecule has 0 aromatic heterocycles. The Morgan fingerprint density at radius 1 is 1.38 bits per heavy atom. The molecule has 0 aromatic rings. The first-order valence-corrected chi connectivity index (χ1v) is 5.71. The number of ether oxygens (including phenoxy) is 1. The molecule has 0 bridgehead atoms. The number of hydrogen-bond acceptors (Lipinski definition) is 4. The smallest absolute Gasteiger partial charge is 0.305 e. The van der Waals surface area contributed by atoms with E-state index in [1.165, 1.54) is 7.11 Å². The van der Waals surface area contributed by atoms with Gasteiger partial charge in [-0.25, -0.2) is 0 Å². The molecule has 0 rings (SSSR count). The molecule has 0 saturated heterocycles. The lowest BCUT2D eigenvalue weighted by atomic mass is 10.1. The first kappa shape index (κ1) is 13.2. The van der Waals surface area contributed by atoms with Crippen molar-refractivity contribution in [1.29, 1.82) is 0 Å². The normalized spacial score (nSPS) is 12.5. The number of carbonyl (C=O) groups excluding carboxylic acids is 1. The van der Waals surface area contributed by atoms with E-state index in [-0.39, 0.29) is 5.97 Å². The van der Waals surface area contributed by atoms with Crippen LogP contribution in [0.4, 0.5) is 0 Å². The summed E-state index contributed by atoms with van der Waals surface area (Å²) in [5.41, 5.74) is 0. The van der Waals surface area contributed by atoms with Crippen molar-refractivity contribution >= 4 is 31.2 Å². The van der Waals surface area contributed by atoms with Crippen molar-refractivity contribution in [3.63, 3.8) is 0 Å². The van der Waals surface area contributed by atoms with Gasteiger partial charge in [0.25, 0.3) is 0 Å². The van der Waals surface area contributed by atoms with Crippen LogP contribution in [0.1, 0.15) is 32.1 Å². The van der Waals surface area contributed by atoms with E-state index in [0.717, 1.165) is 31.4 Å². The summed E-state index contributed by atoms with van der Waals surface area (Å²) in [6.07, 6.45) is 4.55. The molecule has 0 aromatic carbocycles. The Bertz CT molecular complexity index is 140.